The van der Waals surface area contributed by atoms with Gasteiger partial charge in [0.1, 0.15) is 0 Å². The monoisotopic (exact) mass is 452 g/mol. The van der Waals surface area contributed by atoms with Crippen LogP contribution in [0.2, 0.25) is 0 Å². The fraction of sp³-hybridized carbons (Fsp3) is 0.500. The van der Waals surface area contributed by atoms with Crippen molar-refractivity contribution in [3.05, 3.63) is 46.5 Å². The van der Waals surface area contributed by atoms with Gasteiger partial charge in [-0.2, -0.15) is 0 Å². The summed E-state index contributed by atoms with van der Waals surface area (Å²) in [5.41, 5.74) is 4.03. The van der Waals surface area contributed by atoms with E-state index >= 15 is 0 Å². The number of rotatable bonds is 10. The van der Waals surface area contributed by atoms with E-state index in [0.717, 1.165) is 66.5 Å². The van der Waals surface area contributed by atoms with Gasteiger partial charge in [-0.05, 0) is 60.9 Å². The first kappa shape index (κ1) is 26.6. The summed E-state index contributed by atoms with van der Waals surface area (Å²) >= 11 is 0. The number of hydrogen-bond donors (Lipinski definition) is 0. The van der Waals surface area contributed by atoms with Crippen LogP contribution in [-0.2, 0) is 12.8 Å². The summed E-state index contributed by atoms with van der Waals surface area (Å²) in [6.07, 6.45) is 1.84. The van der Waals surface area contributed by atoms with Gasteiger partial charge in [0, 0.05) is 11.1 Å². The molecule has 0 N–H and O–H groups in total. The molecule has 4 nitrogen and oxygen atoms in total. The number of ketones is 2. The zero-order valence-corrected chi connectivity index (χ0v) is 20.1. The van der Waals surface area contributed by atoms with Crippen molar-refractivity contribution >= 4 is 47.2 Å². The second-order valence-corrected chi connectivity index (χ2v) is 7.56. The Bertz CT molecular complexity index is 890. The van der Waals surface area contributed by atoms with Crippen molar-refractivity contribution in [2.45, 2.75) is 40.5 Å². The lowest BCUT2D eigenvalue weighted by Crippen LogP contribution is -2.30. The van der Waals surface area contributed by atoms with Crippen LogP contribution in [0.1, 0.15) is 59.5 Å². The van der Waals surface area contributed by atoms with Crippen molar-refractivity contribution in [2.24, 2.45) is 0 Å². The van der Waals surface area contributed by atoms with Crippen molar-refractivity contribution in [1.29, 1.82) is 0 Å². The van der Waals surface area contributed by atoms with Gasteiger partial charge in [-0.1, -0.05) is 52.0 Å². The maximum Gasteiger partial charge on any atom is 0.177 e. The SMILES string of the molecule is CCN(CC)CC(=O)c1ccc2c(C(=O)CN(CC)CC)ccc3c2c1CC3.Cl.Cl. The molecule has 2 aromatic carbocycles. The van der Waals surface area contributed by atoms with Gasteiger partial charge in [-0.15, -0.1) is 24.8 Å². The topological polar surface area (TPSA) is 40.6 Å². The number of carbonyl (C=O) groups is 2. The molecule has 0 aliphatic heterocycles. The maximum atomic E-state index is 13.0. The highest BCUT2D eigenvalue weighted by Crippen LogP contribution is 2.35. The average Bonchev–Trinajstić information content (AvgIpc) is 3.15. The molecule has 2 aromatic rings. The van der Waals surface area contributed by atoms with Crippen LogP contribution in [-0.4, -0.2) is 60.6 Å². The first-order valence-corrected chi connectivity index (χ1v) is 10.6. The molecule has 0 aromatic heterocycles. The van der Waals surface area contributed by atoms with E-state index in [1.165, 1.54) is 5.56 Å². The fourth-order valence-electron chi connectivity index (χ4n) is 4.30. The van der Waals surface area contributed by atoms with E-state index in [2.05, 4.69) is 43.6 Å². The highest BCUT2D eigenvalue weighted by Gasteiger charge is 2.24. The molecule has 1 aliphatic carbocycles. The van der Waals surface area contributed by atoms with Gasteiger partial charge >= 0.3 is 0 Å². The lowest BCUT2D eigenvalue weighted by atomic mass is 9.93. The molecule has 0 fully saturated rings. The predicted octanol–water partition coefficient (Wildman–Crippen LogP) is 4.83. The number of nitrogens with zero attached hydrogens (tertiary/aromatic N) is 2. The lowest BCUT2D eigenvalue weighted by Gasteiger charge is -2.19. The van der Waals surface area contributed by atoms with Crippen molar-refractivity contribution < 1.29 is 9.59 Å². The summed E-state index contributed by atoms with van der Waals surface area (Å²) in [6, 6.07) is 8.02. The third-order valence-electron chi connectivity index (χ3n) is 6.14. The first-order valence-electron chi connectivity index (χ1n) is 10.6. The Labute approximate surface area is 192 Å². The van der Waals surface area contributed by atoms with Gasteiger partial charge in [0.2, 0.25) is 0 Å². The number of benzene rings is 2. The smallest absolute Gasteiger partial charge is 0.177 e. The lowest BCUT2D eigenvalue weighted by molar-refractivity contribution is 0.0931. The zero-order chi connectivity index (χ0) is 20.3. The van der Waals surface area contributed by atoms with E-state index in [-0.39, 0.29) is 36.4 Å². The average molecular weight is 453 g/mol. The Balaban J connectivity index is 0.00000225. The number of carbonyl (C=O) groups excluding carboxylic acids is 2. The minimum Gasteiger partial charge on any atom is -0.296 e. The standard InChI is InChI=1S/C24H32N2O2.2ClH/c1-5-25(6-2)15-22(27)18-11-9-17-10-12-20-19(13-14-21(18)24(17)20)23(28)16-26(7-3)8-4;;/h9,11,13-14H,5-8,10,12,15-16H2,1-4H3;2*1H. The summed E-state index contributed by atoms with van der Waals surface area (Å²) in [5, 5.41) is 2.16. The minimum atomic E-state index is 0. The summed E-state index contributed by atoms with van der Waals surface area (Å²) in [6.45, 7) is 12.7. The van der Waals surface area contributed by atoms with Crippen LogP contribution < -0.4 is 0 Å². The molecule has 0 saturated carbocycles. The Morgan fingerprint density at radius 1 is 0.733 bits per heavy atom. The Morgan fingerprint density at radius 2 is 1.23 bits per heavy atom. The molecule has 1 aliphatic rings. The number of aryl methyl sites for hydroxylation is 2. The second-order valence-electron chi connectivity index (χ2n) is 7.56. The fourth-order valence-corrected chi connectivity index (χ4v) is 4.30. The molecule has 3 rings (SSSR count). The largest absolute Gasteiger partial charge is 0.296 e. The molecule has 166 valence electrons. The first-order chi connectivity index (χ1) is 13.5. The Kier molecular flexibility index (Phi) is 10.5. The van der Waals surface area contributed by atoms with Crippen LogP contribution in [0.25, 0.3) is 10.8 Å². The van der Waals surface area contributed by atoms with E-state index in [1.807, 2.05) is 18.2 Å². The van der Waals surface area contributed by atoms with Gasteiger partial charge in [0.05, 0.1) is 13.1 Å². The molecule has 0 heterocycles. The van der Waals surface area contributed by atoms with Gasteiger partial charge in [-0.25, -0.2) is 0 Å². The number of hydrogen-bond acceptors (Lipinski definition) is 4. The van der Waals surface area contributed by atoms with Crippen molar-refractivity contribution in [3.63, 3.8) is 0 Å². The van der Waals surface area contributed by atoms with E-state index in [1.54, 1.807) is 0 Å². The molecule has 0 unspecified atom stereocenters. The third-order valence-corrected chi connectivity index (χ3v) is 6.14. The van der Waals surface area contributed by atoms with Crippen LogP contribution in [0.5, 0.6) is 0 Å². The zero-order valence-electron chi connectivity index (χ0n) is 18.5. The molecular weight excluding hydrogens is 419 g/mol. The van der Waals surface area contributed by atoms with Gasteiger partial charge in [-0.3, -0.25) is 19.4 Å². The number of halogens is 2. The maximum absolute atomic E-state index is 13.0. The molecular formula is C24H34Cl2N2O2. The molecule has 0 saturated heterocycles. The predicted molar refractivity (Wildman–Crippen MR) is 130 cm³/mol. The molecule has 0 radical (unpaired) electrons. The molecule has 0 bridgehead atoms. The molecule has 30 heavy (non-hydrogen) atoms. The normalized spacial score (nSPS) is 12.2. The van der Waals surface area contributed by atoms with Crippen LogP contribution >= 0.6 is 24.8 Å². The quantitative estimate of drug-likeness (QED) is 0.483. The van der Waals surface area contributed by atoms with E-state index in [9.17, 15) is 9.59 Å². The van der Waals surface area contributed by atoms with Gasteiger partial charge < -0.3 is 0 Å². The van der Waals surface area contributed by atoms with Crippen molar-refractivity contribution in [1.82, 2.24) is 9.80 Å². The summed E-state index contributed by atoms with van der Waals surface area (Å²) in [5.74, 6) is 0.351. The van der Waals surface area contributed by atoms with Gasteiger partial charge in [0.25, 0.3) is 0 Å². The van der Waals surface area contributed by atoms with Crippen molar-refractivity contribution in [3.8, 4) is 0 Å². The highest BCUT2D eigenvalue weighted by atomic mass is 35.5. The van der Waals surface area contributed by atoms with Crippen LogP contribution in [0, 0.1) is 0 Å². The van der Waals surface area contributed by atoms with Crippen LogP contribution in [0.3, 0.4) is 0 Å². The second kappa shape index (κ2) is 11.8. The molecule has 6 heteroatoms. The highest BCUT2D eigenvalue weighted by molar-refractivity contribution is 6.13. The van der Waals surface area contributed by atoms with Crippen molar-refractivity contribution in [2.75, 3.05) is 39.3 Å². The molecule has 0 amide bonds. The van der Waals surface area contributed by atoms with E-state index in [0.29, 0.717) is 13.1 Å². The van der Waals surface area contributed by atoms with Crippen LogP contribution in [0.4, 0.5) is 0 Å². The Morgan fingerprint density at radius 3 is 1.77 bits per heavy atom. The summed E-state index contributed by atoms with van der Waals surface area (Å²) in [7, 11) is 0. The third kappa shape index (κ3) is 5.23. The van der Waals surface area contributed by atoms with E-state index in [4.69, 9.17) is 0 Å². The summed E-state index contributed by atoms with van der Waals surface area (Å²) < 4.78 is 0. The molecule has 0 atom stereocenters. The number of likely N-dealkylation sites (N-methyl/N-ethyl adjacent to an activating group) is 2. The van der Waals surface area contributed by atoms with E-state index < -0.39 is 0 Å². The minimum absolute atomic E-state index is 0. The van der Waals surface area contributed by atoms with Gasteiger partial charge in [0.15, 0.2) is 11.6 Å². The Hall–Kier alpha value is -1.46. The molecule has 0 spiro atoms. The van der Waals surface area contributed by atoms with Crippen LogP contribution in [0.15, 0.2) is 24.3 Å². The number of Topliss-reactive ketones (excluding diaryl/α,β-unsaturated/α-hetero) is 2. The summed E-state index contributed by atoms with van der Waals surface area (Å²) in [4.78, 5) is 30.2.